The van der Waals surface area contributed by atoms with Crippen molar-refractivity contribution in [2.45, 2.75) is 38.9 Å². The number of hydrogen-bond acceptors (Lipinski definition) is 2. The molecule has 0 radical (unpaired) electrons. The van der Waals surface area contributed by atoms with E-state index in [0.717, 1.165) is 13.1 Å². The van der Waals surface area contributed by atoms with Crippen molar-refractivity contribution in [3.63, 3.8) is 0 Å². The van der Waals surface area contributed by atoms with E-state index in [0.29, 0.717) is 6.04 Å². The molecule has 1 aliphatic heterocycles. The van der Waals surface area contributed by atoms with Crippen molar-refractivity contribution in [2.24, 2.45) is 0 Å². The van der Waals surface area contributed by atoms with E-state index in [4.69, 9.17) is 0 Å². The van der Waals surface area contributed by atoms with E-state index in [-0.39, 0.29) is 5.54 Å². The van der Waals surface area contributed by atoms with Gasteiger partial charge in [-0.3, -0.25) is 9.80 Å². The average Bonchev–Trinajstić information content (AvgIpc) is 2.72. The largest absolute Gasteiger partial charge is 0.353 e. The molecule has 2 heterocycles. The molecule has 0 N–H and O–H groups in total. The summed E-state index contributed by atoms with van der Waals surface area (Å²) in [6.45, 7) is 11.5. The van der Waals surface area contributed by atoms with Crippen molar-refractivity contribution in [2.75, 3.05) is 26.7 Å². The minimum Gasteiger partial charge on any atom is -0.353 e. The van der Waals surface area contributed by atoms with Gasteiger partial charge in [0.1, 0.15) is 0 Å². The molecule has 0 aromatic carbocycles. The van der Waals surface area contributed by atoms with Crippen LogP contribution in [0.25, 0.3) is 0 Å². The standard InChI is InChI=1S/C14H25N3/c1-14(2,3)17-10-9-15(4)13(12-17)11-16-7-5-6-8-16/h5-8,13H,9-12H2,1-4H3/t13-/m0/s1. The lowest BCUT2D eigenvalue weighted by Gasteiger charge is -2.45. The molecule has 3 nitrogen and oxygen atoms in total. The van der Waals surface area contributed by atoms with Crippen LogP contribution in [0.3, 0.4) is 0 Å². The monoisotopic (exact) mass is 235 g/mol. The van der Waals surface area contributed by atoms with Crippen molar-refractivity contribution in [3.8, 4) is 0 Å². The molecular formula is C14H25N3. The molecule has 1 atom stereocenters. The van der Waals surface area contributed by atoms with E-state index < -0.39 is 0 Å². The number of likely N-dealkylation sites (N-methyl/N-ethyl adjacent to an activating group) is 1. The lowest BCUT2D eigenvalue weighted by atomic mass is 10.0. The molecule has 2 rings (SSSR count). The van der Waals surface area contributed by atoms with Gasteiger partial charge in [-0.15, -0.1) is 0 Å². The fraction of sp³-hybridized carbons (Fsp3) is 0.714. The molecule has 17 heavy (non-hydrogen) atoms. The molecule has 0 amide bonds. The van der Waals surface area contributed by atoms with Crippen LogP contribution in [0.1, 0.15) is 20.8 Å². The van der Waals surface area contributed by atoms with Crippen molar-refractivity contribution < 1.29 is 0 Å². The Labute approximate surface area is 105 Å². The van der Waals surface area contributed by atoms with Gasteiger partial charge in [-0.25, -0.2) is 0 Å². The van der Waals surface area contributed by atoms with Gasteiger partial charge in [0, 0.05) is 50.2 Å². The second kappa shape index (κ2) is 4.83. The van der Waals surface area contributed by atoms with Crippen molar-refractivity contribution in [1.29, 1.82) is 0 Å². The van der Waals surface area contributed by atoms with Gasteiger partial charge in [-0.1, -0.05) is 0 Å². The normalized spacial score (nSPS) is 24.1. The minimum absolute atomic E-state index is 0.288. The Bertz CT molecular complexity index is 337. The molecule has 1 aromatic rings. The van der Waals surface area contributed by atoms with Gasteiger partial charge in [-0.2, -0.15) is 0 Å². The summed E-state index contributed by atoms with van der Waals surface area (Å²) in [7, 11) is 2.24. The Morgan fingerprint density at radius 1 is 1.12 bits per heavy atom. The molecule has 0 unspecified atom stereocenters. The molecule has 0 bridgehead atoms. The van der Waals surface area contributed by atoms with Gasteiger partial charge >= 0.3 is 0 Å². The summed E-state index contributed by atoms with van der Waals surface area (Å²) in [6.07, 6.45) is 4.31. The van der Waals surface area contributed by atoms with Gasteiger partial charge in [0.15, 0.2) is 0 Å². The molecule has 96 valence electrons. The molecule has 1 saturated heterocycles. The molecule has 0 spiro atoms. The van der Waals surface area contributed by atoms with Crippen LogP contribution in [0.5, 0.6) is 0 Å². The zero-order chi connectivity index (χ0) is 12.5. The lowest BCUT2D eigenvalue weighted by molar-refractivity contribution is 0.0290. The summed E-state index contributed by atoms with van der Waals surface area (Å²) in [5, 5.41) is 0. The summed E-state index contributed by atoms with van der Waals surface area (Å²) < 4.78 is 2.29. The quantitative estimate of drug-likeness (QED) is 0.776. The first kappa shape index (κ1) is 12.7. The smallest absolute Gasteiger partial charge is 0.0400 e. The first-order valence-electron chi connectivity index (χ1n) is 6.53. The van der Waals surface area contributed by atoms with E-state index in [9.17, 15) is 0 Å². The van der Waals surface area contributed by atoms with E-state index in [2.05, 4.69) is 66.7 Å². The summed E-state index contributed by atoms with van der Waals surface area (Å²) in [5.74, 6) is 0. The molecule has 0 saturated carbocycles. The number of rotatable bonds is 2. The SMILES string of the molecule is CN1CCN(C(C)(C)C)C[C@@H]1Cn1cccc1. The van der Waals surface area contributed by atoms with Crippen LogP contribution < -0.4 is 0 Å². The predicted octanol–water partition coefficient (Wildman–Crippen LogP) is 1.90. The number of piperazine rings is 1. The lowest BCUT2D eigenvalue weighted by Crippen LogP contribution is -2.58. The maximum Gasteiger partial charge on any atom is 0.0400 e. The first-order valence-corrected chi connectivity index (χ1v) is 6.53. The molecular weight excluding hydrogens is 210 g/mol. The summed E-state index contributed by atoms with van der Waals surface area (Å²) in [6, 6.07) is 4.82. The zero-order valence-corrected chi connectivity index (χ0v) is 11.6. The van der Waals surface area contributed by atoms with Gasteiger partial charge in [0.2, 0.25) is 0 Å². The van der Waals surface area contributed by atoms with Gasteiger partial charge < -0.3 is 4.57 Å². The third-order valence-electron chi connectivity index (χ3n) is 3.81. The highest BCUT2D eigenvalue weighted by atomic mass is 15.3. The molecule has 1 fully saturated rings. The summed E-state index contributed by atoms with van der Waals surface area (Å²) >= 11 is 0. The van der Waals surface area contributed by atoms with Crippen molar-refractivity contribution in [3.05, 3.63) is 24.5 Å². The Kier molecular flexibility index (Phi) is 3.59. The Hall–Kier alpha value is -0.800. The van der Waals surface area contributed by atoms with Crippen LogP contribution in [-0.4, -0.2) is 52.6 Å². The van der Waals surface area contributed by atoms with Crippen molar-refractivity contribution >= 4 is 0 Å². The van der Waals surface area contributed by atoms with Crippen LogP contribution in [-0.2, 0) is 6.54 Å². The number of aromatic nitrogens is 1. The Morgan fingerprint density at radius 2 is 1.76 bits per heavy atom. The third kappa shape index (κ3) is 3.11. The number of hydrogen-bond donors (Lipinski definition) is 0. The Balaban J connectivity index is 2.00. The second-order valence-electron chi connectivity index (χ2n) is 6.13. The van der Waals surface area contributed by atoms with Crippen LogP contribution in [0.15, 0.2) is 24.5 Å². The fourth-order valence-corrected chi connectivity index (χ4v) is 2.49. The predicted molar refractivity (Wildman–Crippen MR) is 72.2 cm³/mol. The zero-order valence-electron chi connectivity index (χ0n) is 11.6. The Morgan fingerprint density at radius 3 is 2.35 bits per heavy atom. The highest BCUT2D eigenvalue weighted by Gasteiger charge is 2.30. The van der Waals surface area contributed by atoms with E-state index >= 15 is 0 Å². The maximum atomic E-state index is 2.60. The van der Waals surface area contributed by atoms with Gasteiger partial charge in [0.25, 0.3) is 0 Å². The van der Waals surface area contributed by atoms with Gasteiger partial charge in [0.05, 0.1) is 0 Å². The molecule has 1 aromatic heterocycles. The maximum absolute atomic E-state index is 2.60. The van der Waals surface area contributed by atoms with Crippen LogP contribution in [0, 0.1) is 0 Å². The average molecular weight is 235 g/mol. The number of nitrogens with zero attached hydrogens (tertiary/aromatic N) is 3. The van der Waals surface area contributed by atoms with E-state index in [1.807, 2.05) is 0 Å². The third-order valence-corrected chi connectivity index (χ3v) is 3.81. The molecule has 0 aliphatic carbocycles. The summed E-state index contributed by atoms with van der Waals surface area (Å²) in [4.78, 5) is 5.09. The molecule has 1 aliphatic rings. The van der Waals surface area contributed by atoms with Crippen LogP contribution in [0.4, 0.5) is 0 Å². The topological polar surface area (TPSA) is 11.4 Å². The van der Waals surface area contributed by atoms with E-state index in [1.54, 1.807) is 0 Å². The van der Waals surface area contributed by atoms with Gasteiger partial charge in [-0.05, 0) is 40.0 Å². The van der Waals surface area contributed by atoms with Crippen LogP contribution in [0.2, 0.25) is 0 Å². The molecule has 3 heteroatoms. The fourth-order valence-electron chi connectivity index (χ4n) is 2.49. The van der Waals surface area contributed by atoms with E-state index in [1.165, 1.54) is 13.1 Å². The highest BCUT2D eigenvalue weighted by Crippen LogP contribution is 2.19. The van der Waals surface area contributed by atoms with Crippen molar-refractivity contribution in [1.82, 2.24) is 14.4 Å². The highest BCUT2D eigenvalue weighted by molar-refractivity contribution is 4.93. The van der Waals surface area contributed by atoms with Crippen LogP contribution >= 0.6 is 0 Å². The second-order valence-corrected chi connectivity index (χ2v) is 6.13. The first-order chi connectivity index (χ1) is 7.97. The summed E-state index contributed by atoms with van der Waals surface area (Å²) in [5.41, 5.74) is 0.288. The minimum atomic E-state index is 0.288.